The highest BCUT2D eigenvalue weighted by atomic mass is 35.5. The molecule has 0 fully saturated rings. The third-order valence-corrected chi connectivity index (χ3v) is 2.94. The van der Waals surface area contributed by atoms with Crippen LogP contribution in [0.1, 0.15) is 10.5 Å². The monoisotopic (exact) mass is 273 g/mol. The van der Waals surface area contributed by atoms with Gasteiger partial charge < -0.3 is 5.32 Å². The third-order valence-electron chi connectivity index (χ3n) is 2.61. The molecular weight excluding hydrogens is 266 g/mol. The number of nitrogens with one attached hydrogen (secondary N) is 2. The molecule has 19 heavy (non-hydrogen) atoms. The first-order valence-electron chi connectivity index (χ1n) is 5.46. The summed E-state index contributed by atoms with van der Waals surface area (Å²) < 4.78 is 0. The van der Waals surface area contributed by atoms with Gasteiger partial charge in [-0.1, -0.05) is 11.6 Å². The molecular formula is C12H8ClN5O. The SMILES string of the molecule is O=C(Nc1ccc(Cl)c2cccnc12)c1cn[nH]n1. The molecule has 1 aromatic carbocycles. The van der Waals surface area contributed by atoms with Crippen LogP contribution in [0, 0.1) is 0 Å². The Hall–Kier alpha value is -2.47. The van der Waals surface area contributed by atoms with E-state index in [1.807, 2.05) is 6.07 Å². The van der Waals surface area contributed by atoms with Crippen LogP contribution in [0.2, 0.25) is 5.02 Å². The Morgan fingerprint density at radius 2 is 2.21 bits per heavy atom. The normalized spacial score (nSPS) is 10.6. The summed E-state index contributed by atoms with van der Waals surface area (Å²) in [5.41, 5.74) is 1.42. The lowest BCUT2D eigenvalue weighted by Crippen LogP contribution is -2.12. The topological polar surface area (TPSA) is 83.6 Å². The van der Waals surface area contributed by atoms with E-state index in [-0.39, 0.29) is 11.6 Å². The van der Waals surface area contributed by atoms with Gasteiger partial charge >= 0.3 is 0 Å². The largest absolute Gasteiger partial charge is 0.319 e. The molecule has 0 saturated heterocycles. The maximum Gasteiger partial charge on any atom is 0.277 e. The van der Waals surface area contributed by atoms with E-state index in [0.717, 1.165) is 5.39 Å². The number of anilines is 1. The molecule has 0 aliphatic rings. The molecule has 2 heterocycles. The van der Waals surface area contributed by atoms with Crippen LogP contribution in [0.4, 0.5) is 5.69 Å². The second-order valence-corrected chi connectivity index (χ2v) is 4.21. The van der Waals surface area contributed by atoms with Crippen LogP contribution in [-0.4, -0.2) is 26.3 Å². The molecule has 0 saturated carbocycles. The quantitative estimate of drug-likeness (QED) is 0.750. The van der Waals surface area contributed by atoms with Crippen molar-refractivity contribution < 1.29 is 4.79 Å². The molecule has 2 N–H and O–H groups in total. The number of pyridine rings is 1. The number of hydrogen-bond donors (Lipinski definition) is 2. The molecule has 0 spiro atoms. The molecule has 1 amide bonds. The van der Waals surface area contributed by atoms with Gasteiger partial charge in [-0.25, -0.2) is 0 Å². The summed E-state index contributed by atoms with van der Waals surface area (Å²) >= 11 is 6.09. The van der Waals surface area contributed by atoms with Crippen molar-refractivity contribution in [2.75, 3.05) is 5.32 Å². The fourth-order valence-electron chi connectivity index (χ4n) is 1.74. The number of nitrogens with zero attached hydrogens (tertiary/aromatic N) is 3. The lowest BCUT2D eigenvalue weighted by Gasteiger charge is -2.07. The Bertz CT molecular complexity index is 741. The average Bonchev–Trinajstić information content (AvgIpc) is 2.96. The number of carbonyl (C=O) groups excluding carboxylic acids is 1. The van der Waals surface area contributed by atoms with Gasteiger partial charge in [0.1, 0.15) is 0 Å². The van der Waals surface area contributed by atoms with Gasteiger partial charge in [-0.3, -0.25) is 9.78 Å². The second kappa shape index (κ2) is 4.66. The zero-order valence-electron chi connectivity index (χ0n) is 9.59. The van der Waals surface area contributed by atoms with Crippen molar-refractivity contribution in [1.29, 1.82) is 0 Å². The van der Waals surface area contributed by atoms with Crippen molar-refractivity contribution in [3.05, 3.63) is 47.4 Å². The Morgan fingerprint density at radius 3 is 3.00 bits per heavy atom. The second-order valence-electron chi connectivity index (χ2n) is 3.80. The Balaban J connectivity index is 2.02. The van der Waals surface area contributed by atoms with E-state index in [1.165, 1.54) is 6.20 Å². The predicted octanol–water partition coefficient (Wildman–Crippen LogP) is 2.26. The number of carbonyl (C=O) groups is 1. The zero-order valence-corrected chi connectivity index (χ0v) is 10.3. The van der Waals surface area contributed by atoms with Crippen molar-refractivity contribution in [2.24, 2.45) is 0 Å². The van der Waals surface area contributed by atoms with Crippen LogP contribution >= 0.6 is 11.6 Å². The highest BCUT2D eigenvalue weighted by molar-refractivity contribution is 6.36. The summed E-state index contributed by atoms with van der Waals surface area (Å²) in [4.78, 5) is 16.1. The van der Waals surface area contributed by atoms with Crippen molar-refractivity contribution in [2.45, 2.75) is 0 Å². The summed E-state index contributed by atoms with van der Waals surface area (Å²) in [6.07, 6.45) is 2.99. The van der Waals surface area contributed by atoms with Gasteiger partial charge in [-0.05, 0) is 24.3 Å². The molecule has 0 bridgehead atoms. The van der Waals surface area contributed by atoms with Crippen molar-refractivity contribution in [3.8, 4) is 0 Å². The molecule has 2 aromatic heterocycles. The molecule has 0 atom stereocenters. The smallest absolute Gasteiger partial charge is 0.277 e. The first kappa shape index (κ1) is 11.6. The zero-order chi connectivity index (χ0) is 13.2. The Labute approximate surface area is 112 Å². The summed E-state index contributed by atoms with van der Waals surface area (Å²) in [7, 11) is 0. The molecule has 6 nitrogen and oxygen atoms in total. The lowest BCUT2D eigenvalue weighted by atomic mass is 10.2. The molecule has 0 aliphatic carbocycles. The lowest BCUT2D eigenvalue weighted by molar-refractivity contribution is 0.102. The summed E-state index contributed by atoms with van der Waals surface area (Å²) in [5.74, 6) is -0.358. The van der Waals surface area contributed by atoms with Crippen LogP contribution in [0.5, 0.6) is 0 Å². The van der Waals surface area contributed by atoms with Crippen LogP contribution in [0.3, 0.4) is 0 Å². The van der Waals surface area contributed by atoms with Gasteiger partial charge in [0.2, 0.25) is 0 Å². The van der Waals surface area contributed by atoms with Crippen LogP contribution < -0.4 is 5.32 Å². The van der Waals surface area contributed by atoms with E-state index < -0.39 is 0 Å². The first-order valence-corrected chi connectivity index (χ1v) is 5.84. The molecule has 3 rings (SSSR count). The number of amides is 1. The van der Waals surface area contributed by atoms with E-state index in [0.29, 0.717) is 16.2 Å². The van der Waals surface area contributed by atoms with Gasteiger partial charge in [0.05, 0.1) is 22.4 Å². The maximum atomic E-state index is 11.9. The van der Waals surface area contributed by atoms with E-state index in [2.05, 4.69) is 25.7 Å². The highest BCUT2D eigenvalue weighted by Crippen LogP contribution is 2.28. The van der Waals surface area contributed by atoms with Crippen molar-refractivity contribution >= 4 is 34.1 Å². The summed E-state index contributed by atoms with van der Waals surface area (Å²) in [6, 6.07) is 7.05. The average molecular weight is 274 g/mol. The summed E-state index contributed by atoms with van der Waals surface area (Å²) in [6.45, 7) is 0. The molecule has 0 aliphatic heterocycles. The van der Waals surface area contributed by atoms with Crippen LogP contribution in [-0.2, 0) is 0 Å². The Kier molecular flexibility index (Phi) is 2.85. The number of H-pyrrole nitrogens is 1. The van der Waals surface area contributed by atoms with E-state index in [4.69, 9.17) is 11.6 Å². The molecule has 0 radical (unpaired) electrons. The van der Waals surface area contributed by atoms with Crippen molar-refractivity contribution in [1.82, 2.24) is 20.4 Å². The molecule has 7 heteroatoms. The van der Waals surface area contributed by atoms with Gasteiger partial charge in [0.15, 0.2) is 5.69 Å². The number of benzene rings is 1. The fraction of sp³-hybridized carbons (Fsp3) is 0. The van der Waals surface area contributed by atoms with Gasteiger partial charge in [0, 0.05) is 11.6 Å². The van der Waals surface area contributed by atoms with E-state index >= 15 is 0 Å². The highest BCUT2D eigenvalue weighted by Gasteiger charge is 2.12. The van der Waals surface area contributed by atoms with E-state index in [1.54, 1.807) is 24.4 Å². The minimum Gasteiger partial charge on any atom is -0.319 e. The minimum atomic E-state index is -0.358. The van der Waals surface area contributed by atoms with Gasteiger partial charge in [-0.15, -0.1) is 0 Å². The Morgan fingerprint density at radius 1 is 1.32 bits per heavy atom. The molecule has 94 valence electrons. The van der Waals surface area contributed by atoms with Gasteiger partial charge in [0.25, 0.3) is 5.91 Å². The van der Waals surface area contributed by atoms with Gasteiger partial charge in [-0.2, -0.15) is 15.4 Å². The predicted molar refractivity (Wildman–Crippen MR) is 71.1 cm³/mol. The maximum absolute atomic E-state index is 11.9. The number of aromatic amines is 1. The number of fused-ring (bicyclic) bond motifs is 1. The van der Waals surface area contributed by atoms with Crippen LogP contribution in [0.15, 0.2) is 36.7 Å². The number of rotatable bonds is 2. The minimum absolute atomic E-state index is 0.207. The molecule has 3 aromatic rings. The number of hydrogen-bond acceptors (Lipinski definition) is 4. The van der Waals surface area contributed by atoms with E-state index in [9.17, 15) is 4.79 Å². The first-order chi connectivity index (χ1) is 9.25. The molecule has 0 unspecified atom stereocenters. The number of aromatic nitrogens is 4. The fourth-order valence-corrected chi connectivity index (χ4v) is 1.95. The van der Waals surface area contributed by atoms with Crippen LogP contribution in [0.25, 0.3) is 10.9 Å². The standard InChI is InChI=1S/C12H8ClN5O/c13-8-3-4-9(11-7(8)2-1-5-14-11)16-12(19)10-6-15-18-17-10/h1-6H,(H,16,19)(H,15,17,18). The number of halogens is 1. The van der Waals surface area contributed by atoms with Crippen molar-refractivity contribution in [3.63, 3.8) is 0 Å². The third kappa shape index (κ3) is 2.13. The summed E-state index contributed by atoms with van der Waals surface area (Å²) in [5, 5.41) is 13.8.